The van der Waals surface area contributed by atoms with E-state index in [0.29, 0.717) is 31.2 Å². The third kappa shape index (κ3) is 1.95. The minimum Gasteiger partial charge on any atom is -0.277 e. The summed E-state index contributed by atoms with van der Waals surface area (Å²) in [6.45, 7) is 2.65. The topological polar surface area (TPSA) is 66.5 Å². The maximum atomic E-state index is 12.7. The third-order valence-corrected chi connectivity index (χ3v) is 5.47. The number of rotatable bonds is 2. The Bertz CT molecular complexity index is 454. The molecule has 2 aliphatic carbocycles. The van der Waals surface area contributed by atoms with Crippen molar-refractivity contribution < 1.29 is 14.4 Å². The van der Waals surface area contributed by atoms with Crippen molar-refractivity contribution in [3.63, 3.8) is 0 Å². The molecule has 2 unspecified atom stereocenters. The van der Waals surface area contributed by atoms with Gasteiger partial charge in [-0.15, -0.1) is 0 Å². The lowest BCUT2D eigenvalue weighted by Crippen LogP contribution is -2.63. The first-order valence-corrected chi connectivity index (χ1v) is 7.72. The van der Waals surface area contributed by atoms with Crippen LogP contribution in [0.4, 0.5) is 4.79 Å². The van der Waals surface area contributed by atoms with Crippen molar-refractivity contribution in [2.75, 3.05) is 6.54 Å². The van der Waals surface area contributed by atoms with E-state index in [2.05, 4.69) is 12.2 Å². The molecule has 5 heteroatoms. The van der Waals surface area contributed by atoms with Gasteiger partial charge < -0.3 is 0 Å². The van der Waals surface area contributed by atoms with Crippen molar-refractivity contribution in [1.29, 1.82) is 0 Å². The van der Waals surface area contributed by atoms with Crippen LogP contribution in [0.5, 0.6) is 0 Å². The van der Waals surface area contributed by atoms with Gasteiger partial charge in [-0.1, -0.05) is 32.6 Å². The van der Waals surface area contributed by atoms with E-state index in [1.807, 2.05) is 0 Å². The van der Waals surface area contributed by atoms with E-state index in [4.69, 9.17) is 0 Å². The Labute approximate surface area is 119 Å². The van der Waals surface area contributed by atoms with E-state index in [0.717, 1.165) is 19.3 Å². The minimum absolute atomic E-state index is 0.247. The van der Waals surface area contributed by atoms with Crippen LogP contribution in [0.15, 0.2) is 0 Å². The smallest absolute Gasteiger partial charge is 0.277 e. The molecule has 0 aromatic carbocycles. The van der Waals surface area contributed by atoms with Crippen molar-refractivity contribution >= 4 is 17.8 Å². The molecular weight excluding hydrogens is 256 g/mol. The summed E-state index contributed by atoms with van der Waals surface area (Å²) in [5.74, 6) is 0.313. The van der Waals surface area contributed by atoms with Crippen LogP contribution in [0.2, 0.25) is 0 Å². The standard InChI is InChI=1S/C15H22N2O3/c1-10-5-4-6-11(10)9-17-13(19)15(7-2-3-8-15)12(18)16-14(17)20/h10-11H,2-9H2,1H3,(H,16,18,20). The molecule has 0 aromatic heterocycles. The molecule has 110 valence electrons. The third-order valence-electron chi connectivity index (χ3n) is 5.47. The molecule has 0 bridgehead atoms. The zero-order valence-electron chi connectivity index (χ0n) is 12.0. The molecule has 1 heterocycles. The maximum absolute atomic E-state index is 12.7. The molecule has 3 rings (SSSR count). The summed E-state index contributed by atoms with van der Waals surface area (Å²) < 4.78 is 0. The predicted molar refractivity (Wildman–Crippen MR) is 72.7 cm³/mol. The number of hydrogen-bond acceptors (Lipinski definition) is 3. The normalized spacial score (nSPS) is 33.0. The van der Waals surface area contributed by atoms with Gasteiger partial charge in [-0.2, -0.15) is 0 Å². The number of carbonyl (C=O) groups is 3. The lowest BCUT2D eigenvalue weighted by molar-refractivity contribution is -0.151. The van der Waals surface area contributed by atoms with Gasteiger partial charge >= 0.3 is 6.03 Å². The van der Waals surface area contributed by atoms with Crippen molar-refractivity contribution in [3.8, 4) is 0 Å². The molecule has 5 nitrogen and oxygen atoms in total. The average molecular weight is 278 g/mol. The van der Waals surface area contributed by atoms with Crippen molar-refractivity contribution in [3.05, 3.63) is 0 Å². The number of amides is 4. The Morgan fingerprint density at radius 1 is 1.15 bits per heavy atom. The fourth-order valence-electron chi connectivity index (χ4n) is 4.05. The largest absolute Gasteiger partial charge is 0.330 e. The average Bonchev–Trinajstić information content (AvgIpc) is 3.03. The van der Waals surface area contributed by atoms with Crippen LogP contribution in [0, 0.1) is 17.3 Å². The minimum atomic E-state index is -0.949. The van der Waals surface area contributed by atoms with E-state index in [1.165, 1.54) is 17.7 Å². The highest BCUT2D eigenvalue weighted by atomic mass is 16.2. The summed E-state index contributed by atoms with van der Waals surface area (Å²) in [5, 5.41) is 2.41. The van der Waals surface area contributed by atoms with Crippen molar-refractivity contribution in [1.82, 2.24) is 10.2 Å². The van der Waals surface area contributed by atoms with Gasteiger partial charge in [0.15, 0.2) is 0 Å². The Morgan fingerprint density at radius 3 is 2.45 bits per heavy atom. The highest BCUT2D eigenvalue weighted by Gasteiger charge is 2.55. The van der Waals surface area contributed by atoms with E-state index < -0.39 is 11.4 Å². The van der Waals surface area contributed by atoms with Gasteiger partial charge in [-0.3, -0.25) is 19.8 Å². The van der Waals surface area contributed by atoms with Crippen LogP contribution < -0.4 is 5.32 Å². The SMILES string of the molecule is CC1CCCC1CN1C(=O)NC(=O)C2(CCCC2)C1=O. The number of urea groups is 1. The van der Waals surface area contributed by atoms with Crippen LogP contribution in [0.25, 0.3) is 0 Å². The summed E-state index contributed by atoms with van der Waals surface area (Å²) in [6, 6.07) is -0.517. The molecule has 1 spiro atoms. The molecule has 0 radical (unpaired) electrons. The van der Waals surface area contributed by atoms with Crippen LogP contribution in [-0.4, -0.2) is 29.3 Å². The monoisotopic (exact) mass is 278 g/mol. The van der Waals surface area contributed by atoms with E-state index in [9.17, 15) is 14.4 Å². The molecule has 2 saturated carbocycles. The molecule has 2 atom stereocenters. The first kappa shape index (κ1) is 13.6. The number of imide groups is 2. The summed E-state index contributed by atoms with van der Waals surface area (Å²) >= 11 is 0. The van der Waals surface area contributed by atoms with Crippen LogP contribution in [0.1, 0.15) is 51.9 Å². The molecule has 0 aromatic rings. The lowest BCUT2D eigenvalue weighted by atomic mass is 9.81. The van der Waals surface area contributed by atoms with Gasteiger partial charge in [-0.05, 0) is 31.1 Å². The second-order valence-corrected chi connectivity index (χ2v) is 6.63. The molecule has 1 N–H and O–H groups in total. The van der Waals surface area contributed by atoms with Gasteiger partial charge in [0.25, 0.3) is 0 Å². The maximum Gasteiger partial charge on any atom is 0.330 e. The first-order valence-electron chi connectivity index (χ1n) is 7.72. The molecule has 1 saturated heterocycles. The number of carbonyl (C=O) groups excluding carboxylic acids is 3. The van der Waals surface area contributed by atoms with Gasteiger partial charge in [0.1, 0.15) is 5.41 Å². The number of nitrogens with one attached hydrogen (secondary N) is 1. The Balaban J connectivity index is 1.81. The van der Waals surface area contributed by atoms with E-state index in [-0.39, 0.29) is 11.8 Å². The second kappa shape index (κ2) is 4.86. The van der Waals surface area contributed by atoms with Crippen LogP contribution >= 0.6 is 0 Å². The number of nitrogens with zero attached hydrogens (tertiary/aromatic N) is 1. The molecule has 20 heavy (non-hydrogen) atoms. The van der Waals surface area contributed by atoms with Crippen molar-refractivity contribution in [2.45, 2.75) is 51.9 Å². The van der Waals surface area contributed by atoms with Crippen molar-refractivity contribution in [2.24, 2.45) is 17.3 Å². The zero-order chi connectivity index (χ0) is 14.3. The zero-order valence-corrected chi connectivity index (χ0v) is 12.0. The Kier molecular flexibility index (Phi) is 3.30. The highest BCUT2D eigenvalue weighted by molar-refractivity contribution is 6.19. The second-order valence-electron chi connectivity index (χ2n) is 6.63. The highest BCUT2D eigenvalue weighted by Crippen LogP contribution is 2.42. The first-order chi connectivity index (χ1) is 9.54. The Hall–Kier alpha value is -1.39. The predicted octanol–water partition coefficient (Wildman–Crippen LogP) is 2.06. The summed E-state index contributed by atoms with van der Waals surface area (Å²) in [6.07, 6.45) is 6.35. The molecule has 1 aliphatic heterocycles. The molecule has 4 amide bonds. The van der Waals surface area contributed by atoms with E-state index in [1.54, 1.807) is 0 Å². The summed E-state index contributed by atoms with van der Waals surface area (Å²) in [7, 11) is 0. The Morgan fingerprint density at radius 2 is 1.85 bits per heavy atom. The van der Waals surface area contributed by atoms with Gasteiger partial charge in [0.05, 0.1) is 0 Å². The van der Waals surface area contributed by atoms with Crippen LogP contribution in [0.3, 0.4) is 0 Å². The number of hydrogen-bond donors (Lipinski definition) is 1. The summed E-state index contributed by atoms with van der Waals surface area (Å²) in [5.41, 5.74) is -0.949. The molecule has 3 aliphatic rings. The quantitative estimate of drug-likeness (QED) is 0.786. The van der Waals surface area contributed by atoms with E-state index >= 15 is 0 Å². The fraction of sp³-hybridized carbons (Fsp3) is 0.800. The van der Waals surface area contributed by atoms with Gasteiger partial charge in [0.2, 0.25) is 11.8 Å². The van der Waals surface area contributed by atoms with Gasteiger partial charge in [-0.25, -0.2) is 4.79 Å². The number of barbiturate groups is 1. The van der Waals surface area contributed by atoms with Gasteiger partial charge in [0, 0.05) is 6.54 Å². The molecular formula is C15H22N2O3. The van der Waals surface area contributed by atoms with Crippen LogP contribution in [-0.2, 0) is 9.59 Å². The lowest BCUT2D eigenvalue weighted by Gasteiger charge is -2.38. The fourth-order valence-corrected chi connectivity index (χ4v) is 4.05. The summed E-state index contributed by atoms with van der Waals surface area (Å²) in [4.78, 5) is 38.2. The molecule has 3 fully saturated rings.